The Balaban J connectivity index is 1.41. The fourth-order valence-corrected chi connectivity index (χ4v) is 8.67. The summed E-state index contributed by atoms with van der Waals surface area (Å²) in [5.74, 6) is 0.163. The van der Waals surface area contributed by atoms with Crippen LogP contribution in [0.15, 0.2) is 24.3 Å². The number of aliphatic hydroxyl groups excluding tert-OH is 1. The average Bonchev–Trinajstić information content (AvgIpc) is 3.50. The number of anilines is 1. The molecule has 2 amide bonds. The fourth-order valence-electron chi connectivity index (χ4n) is 6.07. The Morgan fingerprint density at radius 3 is 2.71 bits per heavy atom. The van der Waals surface area contributed by atoms with E-state index in [4.69, 9.17) is 9.47 Å². The quantitative estimate of drug-likeness (QED) is 0.544. The molecule has 4 rings (SSSR count). The monoisotopic (exact) mass is 490 g/mol. The van der Waals surface area contributed by atoms with Crippen molar-refractivity contribution in [1.82, 2.24) is 4.90 Å². The molecule has 188 valence electrons. The number of rotatable bonds is 8. The minimum atomic E-state index is -2.57. The molecule has 0 aliphatic carbocycles. The topological polar surface area (TPSA) is 99.5 Å². The minimum Gasteiger partial charge on any atom is -0.447 e. The number of amides is 2. The lowest BCUT2D eigenvalue weighted by Gasteiger charge is -2.31. The van der Waals surface area contributed by atoms with Crippen LogP contribution >= 0.6 is 0 Å². The predicted octanol–water partition coefficient (Wildman–Crippen LogP) is 2.92. The molecule has 5 atom stereocenters. The van der Waals surface area contributed by atoms with Crippen LogP contribution in [-0.2, 0) is 20.7 Å². The summed E-state index contributed by atoms with van der Waals surface area (Å²) in [4.78, 5) is 39.5. The molecule has 34 heavy (non-hydrogen) atoms. The predicted molar refractivity (Wildman–Crippen MR) is 131 cm³/mol. The number of aryl methyl sites for hydroxylation is 1. The third-order valence-electron chi connectivity index (χ3n) is 7.70. The number of ether oxygens (including phenoxy) is 2. The zero-order valence-corrected chi connectivity index (χ0v) is 21.5. The second-order valence-electron chi connectivity index (χ2n) is 10.5. The number of carbonyl (C=O) groups excluding carboxylic acids is 2. The van der Waals surface area contributed by atoms with Gasteiger partial charge in [0.05, 0.1) is 37.8 Å². The summed E-state index contributed by atoms with van der Waals surface area (Å²) in [5.41, 5.74) is 1.93. The Hall–Kier alpha value is -1.94. The van der Waals surface area contributed by atoms with Crippen molar-refractivity contribution in [3.05, 3.63) is 29.8 Å². The van der Waals surface area contributed by atoms with Gasteiger partial charge in [-0.2, -0.15) is 0 Å². The molecule has 3 saturated heterocycles. The first kappa shape index (κ1) is 25.2. The number of aliphatic hydroxyl groups is 1. The van der Waals surface area contributed by atoms with E-state index < -0.39 is 8.32 Å². The Kier molecular flexibility index (Phi) is 7.66. The van der Waals surface area contributed by atoms with Crippen LogP contribution in [0.1, 0.15) is 38.2 Å². The Bertz CT molecular complexity index is 890. The maximum absolute atomic E-state index is 13.1. The van der Waals surface area contributed by atoms with E-state index in [0.717, 1.165) is 36.9 Å². The van der Waals surface area contributed by atoms with Crippen molar-refractivity contribution in [3.63, 3.8) is 0 Å². The third kappa shape index (κ3) is 5.32. The number of hydrogen-bond acceptors (Lipinski definition) is 6. The summed E-state index contributed by atoms with van der Waals surface area (Å²) < 4.78 is 11.5. The molecule has 0 bridgehead atoms. The van der Waals surface area contributed by atoms with Crippen molar-refractivity contribution >= 4 is 26.0 Å². The summed E-state index contributed by atoms with van der Waals surface area (Å²) >= 11 is 0. The molecular weight excluding hydrogens is 452 g/mol. The van der Waals surface area contributed by atoms with Crippen LogP contribution in [0, 0.1) is 5.92 Å². The molecule has 3 aliphatic heterocycles. The summed E-state index contributed by atoms with van der Waals surface area (Å²) in [5, 5.41) is 9.61. The van der Waals surface area contributed by atoms with Gasteiger partial charge in [0.2, 0.25) is 5.91 Å². The molecule has 0 radical (unpaired) electrons. The van der Waals surface area contributed by atoms with Crippen LogP contribution < -0.4 is 4.90 Å². The SMILES string of the molecule is C[C@H]1[C@H]([Si](C)(C)O)[C@@H](CC(=O)N2CCC[C@H]2CO)O[C@H]1CCc1cccc(N2CCOC2=O)c1. The van der Waals surface area contributed by atoms with Crippen molar-refractivity contribution in [2.24, 2.45) is 5.92 Å². The molecule has 0 saturated carbocycles. The molecule has 0 spiro atoms. The highest BCUT2D eigenvalue weighted by Crippen LogP contribution is 2.46. The summed E-state index contributed by atoms with van der Waals surface area (Å²) in [6.07, 6.45) is 2.92. The zero-order chi connectivity index (χ0) is 24.5. The van der Waals surface area contributed by atoms with Crippen LogP contribution in [0.4, 0.5) is 10.5 Å². The molecule has 3 heterocycles. The van der Waals surface area contributed by atoms with E-state index in [9.17, 15) is 19.5 Å². The first-order valence-electron chi connectivity index (χ1n) is 12.5. The number of nitrogens with zero attached hydrogens (tertiary/aromatic N) is 2. The molecule has 2 N–H and O–H groups in total. The zero-order valence-electron chi connectivity index (χ0n) is 20.5. The van der Waals surface area contributed by atoms with E-state index in [2.05, 4.69) is 13.0 Å². The van der Waals surface area contributed by atoms with Crippen LogP contribution in [0.3, 0.4) is 0 Å². The molecular formula is C25H38N2O6Si. The largest absolute Gasteiger partial charge is 0.447 e. The van der Waals surface area contributed by atoms with E-state index in [1.807, 2.05) is 31.3 Å². The fraction of sp³-hybridized carbons (Fsp3) is 0.680. The number of carbonyl (C=O) groups is 2. The standard InChI is InChI=1S/C25H38N2O6Si/c1-17-21(10-9-18-6-4-7-19(14-18)27-12-13-32-25(27)30)33-22(24(17)34(2,3)31)15-23(29)26-11-5-8-20(26)16-28/h4,6-7,14,17,20-22,24,28,31H,5,8-13,15-16H2,1-3H3/t17-,20+,21+,22-,24+/m1/s1. The maximum Gasteiger partial charge on any atom is 0.414 e. The lowest BCUT2D eigenvalue weighted by Crippen LogP contribution is -2.43. The highest BCUT2D eigenvalue weighted by molar-refractivity contribution is 6.71. The van der Waals surface area contributed by atoms with E-state index in [1.54, 1.807) is 9.80 Å². The van der Waals surface area contributed by atoms with Gasteiger partial charge in [-0.25, -0.2) is 4.79 Å². The third-order valence-corrected chi connectivity index (χ3v) is 10.2. The van der Waals surface area contributed by atoms with Crippen LogP contribution in [-0.4, -0.2) is 79.7 Å². The van der Waals surface area contributed by atoms with Crippen LogP contribution in [0.25, 0.3) is 0 Å². The van der Waals surface area contributed by atoms with Gasteiger partial charge >= 0.3 is 6.09 Å². The first-order valence-corrected chi connectivity index (χ1v) is 15.5. The number of hydrogen-bond donors (Lipinski definition) is 2. The smallest absolute Gasteiger partial charge is 0.414 e. The number of benzene rings is 1. The van der Waals surface area contributed by atoms with E-state index in [1.165, 1.54) is 0 Å². The first-order chi connectivity index (χ1) is 16.2. The Labute approximate surface area is 203 Å². The van der Waals surface area contributed by atoms with Crippen molar-refractivity contribution in [2.75, 3.05) is 31.2 Å². The van der Waals surface area contributed by atoms with E-state index >= 15 is 0 Å². The van der Waals surface area contributed by atoms with Gasteiger partial charge in [-0.1, -0.05) is 19.1 Å². The van der Waals surface area contributed by atoms with Gasteiger partial charge in [0, 0.05) is 17.8 Å². The molecule has 0 unspecified atom stereocenters. The molecule has 9 heteroatoms. The molecule has 0 aromatic heterocycles. The van der Waals surface area contributed by atoms with Gasteiger partial charge in [-0.05, 0) is 62.4 Å². The van der Waals surface area contributed by atoms with Crippen molar-refractivity contribution in [2.45, 2.75) is 75.9 Å². The maximum atomic E-state index is 13.1. The van der Waals surface area contributed by atoms with Gasteiger partial charge in [0.1, 0.15) is 6.61 Å². The Morgan fingerprint density at radius 2 is 2.03 bits per heavy atom. The van der Waals surface area contributed by atoms with Gasteiger partial charge in [0.15, 0.2) is 8.32 Å². The molecule has 3 aliphatic rings. The van der Waals surface area contributed by atoms with Gasteiger partial charge in [0.25, 0.3) is 0 Å². The average molecular weight is 491 g/mol. The van der Waals surface area contributed by atoms with E-state index in [-0.39, 0.29) is 54.7 Å². The highest BCUT2D eigenvalue weighted by Gasteiger charge is 2.50. The highest BCUT2D eigenvalue weighted by atomic mass is 28.4. The van der Waals surface area contributed by atoms with Crippen LogP contribution in [0.2, 0.25) is 18.6 Å². The van der Waals surface area contributed by atoms with Gasteiger partial charge < -0.3 is 24.3 Å². The minimum absolute atomic E-state index is 0.00578. The number of likely N-dealkylation sites (tertiary alicyclic amines) is 1. The summed E-state index contributed by atoms with van der Waals surface area (Å²) in [6, 6.07) is 7.85. The van der Waals surface area contributed by atoms with Crippen molar-refractivity contribution in [1.29, 1.82) is 0 Å². The lowest BCUT2D eigenvalue weighted by molar-refractivity contribution is -0.135. The van der Waals surface area contributed by atoms with Crippen molar-refractivity contribution in [3.8, 4) is 0 Å². The second-order valence-corrected chi connectivity index (χ2v) is 14.5. The summed E-state index contributed by atoms with van der Waals surface area (Å²) in [7, 11) is -2.57. The Morgan fingerprint density at radius 1 is 1.24 bits per heavy atom. The van der Waals surface area contributed by atoms with Crippen LogP contribution in [0.5, 0.6) is 0 Å². The van der Waals surface area contributed by atoms with E-state index in [0.29, 0.717) is 19.7 Å². The second kappa shape index (κ2) is 10.4. The normalized spacial score (nSPS) is 29.7. The van der Waals surface area contributed by atoms with Gasteiger partial charge in [-0.15, -0.1) is 0 Å². The number of cyclic esters (lactones) is 1. The lowest BCUT2D eigenvalue weighted by atomic mass is 9.95. The molecule has 8 nitrogen and oxygen atoms in total. The van der Waals surface area contributed by atoms with Gasteiger partial charge in [-0.3, -0.25) is 9.69 Å². The molecule has 1 aromatic carbocycles. The summed E-state index contributed by atoms with van der Waals surface area (Å²) in [6.45, 7) is 7.65. The molecule has 3 fully saturated rings. The molecule has 1 aromatic rings. The van der Waals surface area contributed by atoms with Crippen molar-refractivity contribution < 1.29 is 29.0 Å².